The number of phosphoric acid groups is 1. The van der Waals surface area contributed by atoms with Crippen molar-refractivity contribution in [2.75, 3.05) is 0 Å². The molecule has 0 aromatic rings. The Morgan fingerprint density at radius 1 is 0.640 bits per heavy atom. The summed E-state index contributed by atoms with van der Waals surface area (Å²) in [7, 11) is -4.34. The smallest absolute Gasteiger partial charge is 0.303 e. The number of unbranched alkanes of at least 4 members (excludes halogenated alkanes) is 13. The first kappa shape index (κ1) is 25.1. The van der Waals surface area contributed by atoms with Gasteiger partial charge in [-0.15, -0.1) is 0 Å². The van der Waals surface area contributed by atoms with E-state index in [-0.39, 0.29) is 6.10 Å². The van der Waals surface area contributed by atoms with Gasteiger partial charge in [0.15, 0.2) is 0 Å². The third-order valence-corrected chi connectivity index (χ3v) is 5.35. The van der Waals surface area contributed by atoms with Crippen LogP contribution in [0.15, 0.2) is 0 Å². The second-order valence-corrected chi connectivity index (χ2v) is 8.58. The van der Waals surface area contributed by atoms with Crippen molar-refractivity contribution in [3.8, 4) is 0 Å². The summed E-state index contributed by atoms with van der Waals surface area (Å²) in [6, 6.07) is 0. The molecule has 2 N–H and O–H groups in total. The highest BCUT2D eigenvalue weighted by molar-refractivity contribution is 7.46. The quantitative estimate of drug-likeness (QED) is 0.185. The zero-order chi connectivity index (χ0) is 18.8. The molecule has 0 aromatic carbocycles. The lowest BCUT2D eigenvalue weighted by Gasteiger charge is -2.17. The van der Waals surface area contributed by atoms with E-state index in [0.29, 0.717) is 0 Å². The normalized spacial score (nSPS) is 13.3. The van der Waals surface area contributed by atoms with E-state index in [2.05, 4.69) is 6.92 Å². The third kappa shape index (κ3) is 20.3. The van der Waals surface area contributed by atoms with Gasteiger partial charge >= 0.3 is 7.82 Å². The Morgan fingerprint density at radius 3 is 1.40 bits per heavy atom. The summed E-state index contributed by atoms with van der Waals surface area (Å²) in [6.45, 7) is 4.28. The fourth-order valence-corrected chi connectivity index (χ4v) is 3.93. The van der Waals surface area contributed by atoms with Gasteiger partial charge in [-0.2, -0.15) is 0 Å². The molecule has 0 aliphatic carbocycles. The number of hydrogen-bond donors (Lipinski definition) is 2. The fraction of sp³-hybridized carbons (Fsp3) is 1.00. The van der Waals surface area contributed by atoms with Gasteiger partial charge in [-0.1, -0.05) is 110 Å². The van der Waals surface area contributed by atoms with Crippen LogP contribution in [0.5, 0.6) is 0 Å². The molecule has 152 valence electrons. The van der Waals surface area contributed by atoms with Crippen molar-refractivity contribution in [1.29, 1.82) is 0 Å². The van der Waals surface area contributed by atoms with Crippen LogP contribution in [0.25, 0.3) is 0 Å². The summed E-state index contributed by atoms with van der Waals surface area (Å²) in [5.74, 6) is 0. The van der Waals surface area contributed by atoms with Gasteiger partial charge in [0.2, 0.25) is 0 Å². The minimum absolute atomic E-state index is 0.289. The zero-order valence-corrected chi connectivity index (χ0v) is 17.7. The molecular formula is C20H43O4P. The molecule has 0 radical (unpaired) electrons. The van der Waals surface area contributed by atoms with Gasteiger partial charge < -0.3 is 9.79 Å². The Kier molecular flexibility index (Phi) is 17.6. The standard InChI is InChI=1S/C20H43O4P/c1-3-5-6-7-8-9-10-11-12-13-14-15-16-17-19-20(18-4-2)24-25(21,22)23/h20H,3-19H2,1-2H3,(H2,21,22,23). The van der Waals surface area contributed by atoms with Crippen LogP contribution in [0.3, 0.4) is 0 Å². The molecule has 0 spiro atoms. The minimum atomic E-state index is -4.34. The summed E-state index contributed by atoms with van der Waals surface area (Å²) in [4.78, 5) is 17.8. The first-order chi connectivity index (χ1) is 12.0. The van der Waals surface area contributed by atoms with Crippen LogP contribution in [0.1, 0.15) is 123 Å². The van der Waals surface area contributed by atoms with E-state index in [1.165, 1.54) is 77.0 Å². The van der Waals surface area contributed by atoms with E-state index in [0.717, 1.165) is 32.1 Å². The lowest BCUT2D eigenvalue weighted by Crippen LogP contribution is -2.11. The van der Waals surface area contributed by atoms with Crippen LogP contribution < -0.4 is 0 Å². The minimum Gasteiger partial charge on any atom is -0.303 e. The van der Waals surface area contributed by atoms with Crippen molar-refractivity contribution in [2.45, 2.75) is 129 Å². The van der Waals surface area contributed by atoms with Crippen LogP contribution >= 0.6 is 7.82 Å². The van der Waals surface area contributed by atoms with E-state index in [9.17, 15) is 4.57 Å². The molecule has 0 aromatic heterocycles. The molecule has 4 nitrogen and oxygen atoms in total. The highest BCUT2D eigenvalue weighted by Crippen LogP contribution is 2.39. The van der Waals surface area contributed by atoms with Gasteiger partial charge in [0, 0.05) is 0 Å². The van der Waals surface area contributed by atoms with Crippen molar-refractivity contribution in [3.63, 3.8) is 0 Å². The van der Waals surface area contributed by atoms with Crippen molar-refractivity contribution >= 4 is 7.82 Å². The highest BCUT2D eigenvalue weighted by atomic mass is 31.2. The predicted molar refractivity (Wildman–Crippen MR) is 107 cm³/mol. The topological polar surface area (TPSA) is 66.8 Å². The van der Waals surface area contributed by atoms with Crippen LogP contribution in [-0.2, 0) is 9.09 Å². The summed E-state index contributed by atoms with van der Waals surface area (Å²) in [5, 5.41) is 0. The molecule has 0 fully saturated rings. The highest BCUT2D eigenvalue weighted by Gasteiger charge is 2.21. The lowest BCUT2D eigenvalue weighted by atomic mass is 10.0. The van der Waals surface area contributed by atoms with E-state index >= 15 is 0 Å². The Morgan fingerprint density at radius 2 is 1.04 bits per heavy atom. The maximum atomic E-state index is 10.9. The molecule has 0 saturated heterocycles. The predicted octanol–water partition coefficient (Wildman–Crippen LogP) is 7.14. The van der Waals surface area contributed by atoms with Crippen molar-refractivity contribution < 1.29 is 18.9 Å². The van der Waals surface area contributed by atoms with Crippen molar-refractivity contribution in [1.82, 2.24) is 0 Å². The van der Waals surface area contributed by atoms with E-state index < -0.39 is 7.82 Å². The monoisotopic (exact) mass is 378 g/mol. The first-order valence-corrected chi connectivity index (χ1v) is 12.3. The molecule has 0 rings (SSSR count). The Labute approximate surface area is 156 Å². The lowest BCUT2D eigenvalue weighted by molar-refractivity contribution is 0.117. The second kappa shape index (κ2) is 17.5. The maximum Gasteiger partial charge on any atom is 0.469 e. The average Bonchev–Trinajstić information content (AvgIpc) is 2.54. The average molecular weight is 379 g/mol. The molecule has 0 aliphatic heterocycles. The third-order valence-electron chi connectivity index (χ3n) is 4.78. The van der Waals surface area contributed by atoms with Crippen LogP contribution in [0, 0.1) is 0 Å². The summed E-state index contributed by atoms with van der Waals surface area (Å²) < 4.78 is 15.8. The molecule has 0 saturated carbocycles. The van der Waals surface area contributed by atoms with Gasteiger partial charge in [-0.3, -0.25) is 4.52 Å². The Bertz CT molecular complexity index is 317. The van der Waals surface area contributed by atoms with E-state index in [4.69, 9.17) is 14.3 Å². The fourth-order valence-electron chi connectivity index (χ4n) is 3.33. The summed E-state index contributed by atoms with van der Waals surface area (Å²) >= 11 is 0. The molecule has 25 heavy (non-hydrogen) atoms. The SMILES string of the molecule is CCCCCCCCCCCCCCCCC(CCC)OP(=O)(O)O. The molecule has 1 atom stereocenters. The maximum absolute atomic E-state index is 10.9. The largest absolute Gasteiger partial charge is 0.469 e. The van der Waals surface area contributed by atoms with Gasteiger partial charge in [-0.25, -0.2) is 4.57 Å². The molecular weight excluding hydrogens is 335 g/mol. The number of rotatable bonds is 19. The van der Waals surface area contributed by atoms with Gasteiger partial charge in [0.05, 0.1) is 6.10 Å². The zero-order valence-electron chi connectivity index (χ0n) is 16.8. The second-order valence-electron chi connectivity index (χ2n) is 7.39. The molecule has 1 unspecified atom stereocenters. The van der Waals surface area contributed by atoms with E-state index in [1.54, 1.807) is 0 Å². The van der Waals surface area contributed by atoms with Crippen molar-refractivity contribution in [3.05, 3.63) is 0 Å². The summed E-state index contributed by atoms with van der Waals surface area (Å²) in [5.41, 5.74) is 0. The van der Waals surface area contributed by atoms with Gasteiger partial charge in [0.25, 0.3) is 0 Å². The molecule has 0 bridgehead atoms. The van der Waals surface area contributed by atoms with Gasteiger partial charge in [0.1, 0.15) is 0 Å². The van der Waals surface area contributed by atoms with Crippen LogP contribution in [0.2, 0.25) is 0 Å². The van der Waals surface area contributed by atoms with Crippen LogP contribution in [0.4, 0.5) is 0 Å². The summed E-state index contributed by atoms with van der Waals surface area (Å²) in [6.07, 6.45) is 20.6. The number of phosphoric ester groups is 1. The molecule has 0 amide bonds. The van der Waals surface area contributed by atoms with Crippen molar-refractivity contribution in [2.24, 2.45) is 0 Å². The molecule has 0 heterocycles. The molecule has 5 heteroatoms. The first-order valence-electron chi connectivity index (χ1n) is 10.7. The Hall–Kier alpha value is 0.110. The van der Waals surface area contributed by atoms with Crippen LogP contribution in [-0.4, -0.2) is 15.9 Å². The Balaban J connectivity index is 3.35. The number of hydrogen-bond acceptors (Lipinski definition) is 2. The van der Waals surface area contributed by atoms with Gasteiger partial charge in [-0.05, 0) is 12.8 Å². The molecule has 0 aliphatic rings. The van der Waals surface area contributed by atoms with E-state index in [1.807, 2.05) is 6.92 Å².